The van der Waals surface area contributed by atoms with Gasteiger partial charge < -0.3 is 25.1 Å². The van der Waals surface area contributed by atoms with Crippen LogP contribution in [0.4, 0.5) is 4.79 Å². The van der Waals surface area contributed by atoms with Gasteiger partial charge in [-0.15, -0.1) is 11.8 Å². The minimum Gasteiger partial charge on any atom is -0.493 e. The highest BCUT2D eigenvalue weighted by molar-refractivity contribution is 7.99. The number of hydrogen-bond acceptors (Lipinski definition) is 8. The second-order valence-corrected chi connectivity index (χ2v) is 15.0. The lowest BCUT2D eigenvalue weighted by Gasteiger charge is -2.43. The molecule has 47 heavy (non-hydrogen) atoms. The van der Waals surface area contributed by atoms with Crippen molar-refractivity contribution in [2.24, 2.45) is 0 Å². The summed E-state index contributed by atoms with van der Waals surface area (Å²) >= 11 is 1.72. The molecule has 0 bridgehead atoms. The Hall–Kier alpha value is -3.35. The first-order valence-electron chi connectivity index (χ1n) is 17.4. The molecule has 7 rings (SSSR count). The SMILES string of the molecule is Cc1cc(C[C@@H](NC(=O)N2CCC(c3cc4c(nc3O)SCCC4)CC2)C(=O)N2CCN(C3CCN(C)CC3)CC2)cc2cn[nH]c12. The van der Waals surface area contributed by atoms with Gasteiger partial charge in [0.05, 0.1) is 11.7 Å². The highest BCUT2D eigenvalue weighted by atomic mass is 32.2. The molecule has 1 atom stereocenters. The molecule has 4 aliphatic rings. The minimum absolute atomic E-state index is 0.0101. The Bertz CT molecular complexity index is 1590. The Morgan fingerprint density at radius 2 is 1.79 bits per heavy atom. The molecule has 0 unspecified atom stereocenters. The molecule has 12 heteroatoms. The van der Waals surface area contributed by atoms with Gasteiger partial charge in [0.25, 0.3) is 0 Å². The van der Waals surface area contributed by atoms with Crippen LogP contribution in [0.2, 0.25) is 0 Å². The van der Waals surface area contributed by atoms with Crippen molar-refractivity contribution in [2.45, 2.75) is 74.9 Å². The summed E-state index contributed by atoms with van der Waals surface area (Å²) in [7, 11) is 2.19. The normalized spacial score (nSPS) is 21.1. The molecule has 3 fully saturated rings. The minimum atomic E-state index is -0.662. The molecular weight excluding hydrogens is 613 g/mol. The van der Waals surface area contributed by atoms with Gasteiger partial charge in [0.2, 0.25) is 11.8 Å². The summed E-state index contributed by atoms with van der Waals surface area (Å²) in [6.45, 7) is 8.53. The zero-order chi connectivity index (χ0) is 32.5. The number of benzene rings is 1. The maximum absolute atomic E-state index is 14.1. The van der Waals surface area contributed by atoms with E-state index in [1.165, 1.54) is 18.4 Å². The van der Waals surface area contributed by atoms with Crippen molar-refractivity contribution in [2.75, 3.05) is 65.2 Å². The van der Waals surface area contributed by atoms with Crippen molar-refractivity contribution in [3.63, 3.8) is 0 Å². The van der Waals surface area contributed by atoms with Gasteiger partial charge in [0, 0.05) is 62.7 Å². The van der Waals surface area contributed by atoms with Crippen LogP contribution in [0.5, 0.6) is 5.88 Å². The quantitative estimate of drug-likeness (QED) is 0.366. The number of amides is 3. The summed E-state index contributed by atoms with van der Waals surface area (Å²) in [4.78, 5) is 41.2. The van der Waals surface area contributed by atoms with Gasteiger partial charge in [-0.05, 0) is 106 Å². The Labute approximate surface area is 281 Å². The zero-order valence-electron chi connectivity index (χ0n) is 27.7. The van der Waals surface area contributed by atoms with Crippen LogP contribution in [0.1, 0.15) is 60.3 Å². The molecule has 2 aromatic heterocycles. The maximum atomic E-state index is 14.1. The smallest absolute Gasteiger partial charge is 0.318 e. The van der Waals surface area contributed by atoms with E-state index in [4.69, 9.17) is 0 Å². The standard InChI is InChI=1S/C35H48N8O3S/c1-23-18-24(19-27-22-36-39-31(23)27)20-30(34(45)42-15-13-41(14-16-42)28-7-9-40(2)10-8-28)37-35(46)43-11-5-25(6-12-43)29-21-26-4-3-17-47-33(26)38-32(29)44/h18-19,21-22,25,28,30H,3-17,20H2,1-2H3,(H,36,39)(H,37,46)(H,38,44)/t30-/m1/s1. The van der Waals surface area contributed by atoms with E-state index in [1.54, 1.807) is 11.8 Å². The number of piperazine rings is 1. The number of hydrogen-bond donors (Lipinski definition) is 3. The number of likely N-dealkylation sites (tertiary alicyclic amines) is 2. The first-order chi connectivity index (χ1) is 22.8. The molecule has 0 aliphatic carbocycles. The highest BCUT2D eigenvalue weighted by Crippen LogP contribution is 2.38. The van der Waals surface area contributed by atoms with E-state index in [0.29, 0.717) is 38.6 Å². The molecule has 6 heterocycles. The van der Waals surface area contributed by atoms with Crippen LogP contribution in [0.3, 0.4) is 0 Å². The van der Waals surface area contributed by atoms with Crippen molar-refractivity contribution in [1.82, 2.24) is 40.1 Å². The van der Waals surface area contributed by atoms with Gasteiger partial charge in [-0.1, -0.05) is 6.07 Å². The third-order valence-electron chi connectivity index (χ3n) is 10.8. The average Bonchev–Trinajstić information content (AvgIpc) is 3.57. The molecule has 1 aromatic carbocycles. The first kappa shape index (κ1) is 32.2. The Morgan fingerprint density at radius 1 is 1.02 bits per heavy atom. The predicted molar refractivity (Wildman–Crippen MR) is 184 cm³/mol. The number of piperidine rings is 2. The number of aromatic nitrogens is 3. The Kier molecular flexibility index (Phi) is 9.61. The Balaban J connectivity index is 1.02. The fourth-order valence-electron chi connectivity index (χ4n) is 7.97. The lowest BCUT2D eigenvalue weighted by Crippen LogP contribution is -2.59. The number of aromatic hydroxyl groups is 1. The first-order valence-corrected chi connectivity index (χ1v) is 18.4. The molecule has 3 N–H and O–H groups in total. The van der Waals surface area contributed by atoms with E-state index in [9.17, 15) is 14.7 Å². The van der Waals surface area contributed by atoms with Crippen molar-refractivity contribution < 1.29 is 14.7 Å². The van der Waals surface area contributed by atoms with E-state index in [0.717, 1.165) is 90.2 Å². The number of fused-ring (bicyclic) bond motifs is 2. The second-order valence-electron chi connectivity index (χ2n) is 13.9. The molecular formula is C35H48N8O3S. The van der Waals surface area contributed by atoms with Gasteiger partial charge >= 0.3 is 6.03 Å². The number of carbonyl (C=O) groups is 2. The zero-order valence-corrected chi connectivity index (χ0v) is 28.5. The molecule has 0 radical (unpaired) electrons. The van der Waals surface area contributed by atoms with E-state index in [2.05, 4.69) is 55.5 Å². The number of H-pyrrole nitrogens is 1. The fraction of sp³-hybridized carbons (Fsp3) is 0.600. The number of carbonyl (C=O) groups excluding carboxylic acids is 2. The third-order valence-corrected chi connectivity index (χ3v) is 11.9. The molecule has 3 amide bonds. The van der Waals surface area contributed by atoms with Gasteiger partial charge in [-0.25, -0.2) is 9.78 Å². The molecule has 0 spiro atoms. The number of aromatic amines is 1. The summed E-state index contributed by atoms with van der Waals surface area (Å²) in [5, 5.41) is 23.1. The van der Waals surface area contributed by atoms with Gasteiger partial charge in [-0.2, -0.15) is 5.10 Å². The molecule has 3 saturated heterocycles. The van der Waals surface area contributed by atoms with E-state index >= 15 is 0 Å². The highest BCUT2D eigenvalue weighted by Gasteiger charge is 2.34. The number of nitrogens with one attached hydrogen (secondary N) is 2. The summed E-state index contributed by atoms with van der Waals surface area (Å²) < 4.78 is 0. The van der Waals surface area contributed by atoms with Crippen LogP contribution >= 0.6 is 11.8 Å². The molecule has 252 valence electrons. The lowest BCUT2D eigenvalue weighted by atomic mass is 9.89. The van der Waals surface area contributed by atoms with Crippen molar-refractivity contribution in [1.29, 1.82) is 0 Å². The Morgan fingerprint density at radius 3 is 2.55 bits per heavy atom. The third kappa shape index (κ3) is 7.10. The van der Waals surface area contributed by atoms with Crippen LogP contribution < -0.4 is 5.32 Å². The predicted octanol–water partition coefficient (Wildman–Crippen LogP) is 3.75. The number of nitrogens with zero attached hydrogens (tertiary/aromatic N) is 6. The maximum Gasteiger partial charge on any atom is 0.318 e. The van der Waals surface area contributed by atoms with Crippen LogP contribution in [0.15, 0.2) is 29.4 Å². The topological polar surface area (TPSA) is 121 Å². The molecule has 3 aromatic rings. The second kappa shape index (κ2) is 14.0. The average molecular weight is 661 g/mol. The molecule has 11 nitrogen and oxygen atoms in total. The molecule has 0 saturated carbocycles. The number of aryl methyl sites for hydroxylation is 2. The van der Waals surface area contributed by atoms with Crippen molar-refractivity contribution >= 4 is 34.6 Å². The monoisotopic (exact) mass is 660 g/mol. The summed E-state index contributed by atoms with van der Waals surface area (Å²) in [5.74, 6) is 1.32. The van der Waals surface area contributed by atoms with Gasteiger partial charge in [0.15, 0.2) is 0 Å². The number of urea groups is 1. The molecule has 4 aliphatic heterocycles. The summed E-state index contributed by atoms with van der Waals surface area (Å²) in [6, 6.07) is 6.03. The summed E-state index contributed by atoms with van der Waals surface area (Å²) in [6.07, 6.45) is 8.22. The van der Waals surface area contributed by atoms with Crippen LogP contribution in [-0.4, -0.2) is 129 Å². The van der Waals surface area contributed by atoms with Crippen LogP contribution in [0, 0.1) is 6.92 Å². The van der Waals surface area contributed by atoms with E-state index in [1.807, 2.05) is 22.9 Å². The van der Waals surface area contributed by atoms with Crippen LogP contribution in [0.25, 0.3) is 10.9 Å². The lowest BCUT2D eigenvalue weighted by molar-refractivity contribution is -0.135. The summed E-state index contributed by atoms with van der Waals surface area (Å²) in [5.41, 5.74) is 5.20. The number of thioether (sulfide) groups is 1. The number of rotatable bonds is 6. The van der Waals surface area contributed by atoms with Gasteiger partial charge in [0.1, 0.15) is 11.1 Å². The largest absolute Gasteiger partial charge is 0.493 e. The van der Waals surface area contributed by atoms with Crippen molar-refractivity contribution in [3.8, 4) is 5.88 Å². The van der Waals surface area contributed by atoms with Crippen LogP contribution in [-0.2, 0) is 17.6 Å². The number of pyridine rings is 1. The van der Waals surface area contributed by atoms with Gasteiger partial charge in [-0.3, -0.25) is 14.8 Å². The van der Waals surface area contributed by atoms with E-state index < -0.39 is 6.04 Å². The fourth-order valence-corrected chi connectivity index (χ4v) is 8.95. The van der Waals surface area contributed by atoms with E-state index in [-0.39, 0.29) is 23.7 Å². The van der Waals surface area contributed by atoms with Crippen molar-refractivity contribution in [3.05, 3.63) is 46.6 Å².